The maximum atomic E-state index is 6.05. The van der Waals surface area contributed by atoms with Gasteiger partial charge in [0.25, 0.3) is 0 Å². The number of ether oxygens (including phenoxy) is 1. The van der Waals surface area contributed by atoms with Crippen molar-refractivity contribution in [1.82, 2.24) is 0 Å². The Morgan fingerprint density at radius 2 is 1.60 bits per heavy atom. The van der Waals surface area contributed by atoms with E-state index in [4.69, 9.17) is 10.5 Å². The van der Waals surface area contributed by atoms with Crippen molar-refractivity contribution in [2.45, 2.75) is 12.8 Å². The molecular formula is C18H19NO. The van der Waals surface area contributed by atoms with Crippen LogP contribution in [-0.4, -0.2) is 0 Å². The highest BCUT2D eigenvalue weighted by Gasteiger charge is 2.09. The molecule has 20 heavy (non-hydrogen) atoms. The number of nitrogens with two attached hydrogens (primary N) is 1. The lowest BCUT2D eigenvalue weighted by Gasteiger charge is -2.14. The first-order valence-corrected chi connectivity index (χ1v) is 6.61. The fourth-order valence-electron chi connectivity index (χ4n) is 2.09. The fourth-order valence-corrected chi connectivity index (χ4v) is 2.09. The number of allylic oxidation sites excluding steroid dienone is 2. The topological polar surface area (TPSA) is 35.2 Å². The van der Waals surface area contributed by atoms with E-state index in [2.05, 4.69) is 13.2 Å². The Kier molecular flexibility index (Phi) is 4.61. The van der Waals surface area contributed by atoms with Crippen LogP contribution in [0.25, 0.3) is 0 Å². The minimum absolute atomic E-state index is 0.686. The molecule has 2 aromatic rings. The quantitative estimate of drug-likeness (QED) is 0.615. The van der Waals surface area contributed by atoms with Crippen LogP contribution in [-0.2, 0) is 12.8 Å². The molecule has 2 nitrogen and oxygen atoms in total. The second-order valence-corrected chi connectivity index (χ2v) is 4.52. The molecule has 0 saturated carbocycles. The van der Waals surface area contributed by atoms with Crippen molar-refractivity contribution >= 4 is 5.69 Å². The van der Waals surface area contributed by atoms with Gasteiger partial charge in [-0.2, -0.15) is 0 Å². The summed E-state index contributed by atoms with van der Waals surface area (Å²) in [6.45, 7) is 7.54. The first-order valence-electron chi connectivity index (χ1n) is 6.61. The number of benzene rings is 2. The third-order valence-corrected chi connectivity index (χ3v) is 3.07. The normalized spacial score (nSPS) is 10.0. The molecule has 0 amide bonds. The van der Waals surface area contributed by atoms with Crippen molar-refractivity contribution in [1.29, 1.82) is 0 Å². The predicted octanol–water partition coefficient (Wildman–Crippen LogP) is 4.52. The molecule has 0 spiro atoms. The third kappa shape index (κ3) is 3.09. The lowest BCUT2D eigenvalue weighted by molar-refractivity contribution is 0.473. The molecule has 2 aromatic carbocycles. The van der Waals surface area contributed by atoms with Gasteiger partial charge in [-0.3, -0.25) is 0 Å². The Balaban J connectivity index is 2.37. The van der Waals surface area contributed by atoms with E-state index in [1.54, 1.807) is 0 Å². The van der Waals surface area contributed by atoms with Crippen molar-refractivity contribution in [3.8, 4) is 11.5 Å². The SMILES string of the molecule is C=CCc1ccccc1Oc1cccc(N)c1CC=C. The fraction of sp³-hybridized carbons (Fsp3) is 0.111. The van der Waals surface area contributed by atoms with E-state index in [-0.39, 0.29) is 0 Å². The molecule has 0 aromatic heterocycles. The summed E-state index contributed by atoms with van der Waals surface area (Å²) < 4.78 is 6.05. The summed E-state index contributed by atoms with van der Waals surface area (Å²) in [5.41, 5.74) is 8.81. The first-order chi connectivity index (χ1) is 9.76. The third-order valence-electron chi connectivity index (χ3n) is 3.07. The average molecular weight is 265 g/mol. The Labute approximate surface area is 120 Å². The Morgan fingerprint density at radius 1 is 0.900 bits per heavy atom. The van der Waals surface area contributed by atoms with E-state index in [1.807, 2.05) is 54.6 Å². The number of rotatable bonds is 6. The van der Waals surface area contributed by atoms with Gasteiger partial charge < -0.3 is 10.5 Å². The van der Waals surface area contributed by atoms with Gasteiger partial charge in [0.2, 0.25) is 0 Å². The highest BCUT2D eigenvalue weighted by atomic mass is 16.5. The molecule has 0 saturated heterocycles. The van der Waals surface area contributed by atoms with Crippen molar-refractivity contribution in [3.63, 3.8) is 0 Å². The number of nitrogen functional groups attached to an aromatic ring is 1. The highest BCUT2D eigenvalue weighted by Crippen LogP contribution is 2.31. The molecule has 0 unspecified atom stereocenters. The van der Waals surface area contributed by atoms with Crippen LogP contribution in [0.5, 0.6) is 11.5 Å². The standard InChI is InChI=1S/C18H19NO/c1-3-8-14-10-5-6-12-17(14)20-18-13-7-11-16(19)15(18)9-4-2/h3-7,10-13H,1-2,8-9,19H2. The second-order valence-electron chi connectivity index (χ2n) is 4.52. The minimum Gasteiger partial charge on any atom is -0.457 e. The van der Waals surface area contributed by atoms with Crippen LogP contribution in [0.3, 0.4) is 0 Å². The molecule has 0 atom stereocenters. The van der Waals surface area contributed by atoms with Gasteiger partial charge in [0.15, 0.2) is 0 Å². The van der Waals surface area contributed by atoms with Crippen LogP contribution in [0, 0.1) is 0 Å². The Bertz CT molecular complexity index is 617. The smallest absolute Gasteiger partial charge is 0.133 e. The van der Waals surface area contributed by atoms with Gasteiger partial charge in [0.1, 0.15) is 11.5 Å². The molecular weight excluding hydrogens is 246 g/mol. The van der Waals surface area contributed by atoms with E-state index in [9.17, 15) is 0 Å². The monoisotopic (exact) mass is 265 g/mol. The summed E-state index contributed by atoms with van der Waals surface area (Å²) in [6.07, 6.45) is 5.15. The van der Waals surface area contributed by atoms with Crippen LogP contribution in [0.15, 0.2) is 67.8 Å². The van der Waals surface area contributed by atoms with E-state index >= 15 is 0 Å². The van der Waals surface area contributed by atoms with Gasteiger partial charge in [-0.05, 0) is 36.6 Å². The van der Waals surface area contributed by atoms with Crippen molar-refractivity contribution in [3.05, 3.63) is 78.9 Å². The summed E-state index contributed by atoms with van der Waals surface area (Å²) in [7, 11) is 0. The summed E-state index contributed by atoms with van der Waals surface area (Å²) in [5, 5.41) is 0. The molecule has 102 valence electrons. The van der Waals surface area contributed by atoms with E-state index < -0.39 is 0 Å². The van der Waals surface area contributed by atoms with E-state index in [1.165, 1.54) is 0 Å². The Morgan fingerprint density at radius 3 is 2.35 bits per heavy atom. The highest BCUT2D eigenvalue weighted by molar-refractivity contribution is 5.56. The lowest BCUT2D eigenvalue weighted by atomic mass is 10.1. The lowest BCUT2D eigenvalue weighted by Crippen LogP contribution is -1.98. The summed E-state index contributed by atoms with van der Waals surface area (Å²) >= 11 is 0. The zero-order valence-electron chi connectivity index (χ0n) is 11.5. The Hall–Kier alpha value is -2.48. The molecule has 0 aliphatic heterocycles. The van der Waals surface area contributed by atoms with Crippen LogP contribution in [0.2, 0.25) is 0 Å². The van der Waals surface area contributed by atoms with Crippen LogP contribution in [0.1, 0.15) is 11.1 Å². The first kappa shape index (κ1) is 13.9. The summed E-state index contributed by atoms with van der Waals surface area (Å²) in [4.78, 5) is 0. The zero-order valence-corrected chi connectivity index (χ0v) is 11.5. The van der Waals surface area contributed by atoms with Crippen molar-refractivity contribution in [2.24, 2.45) is 0 Å². The van der Waals surface area contributed by atoms with Gasteiger partial charge in [-0.15, -0.1) is 13.2 Å². The molecule has 0 radical (unpaired) electrons. The minimum atomic E-state index is 0.686. The molecule has 2 N–H and O–H groups in total. The molecule has 0 fully saturated rings. The van der Waals surface area contributed by atoms with Crippen LogP contribution < -0.4 is 10.5 Å². The molecule has 0 aliphatic rings. The predicted molar refractivity (Wildman–Crippen MR) is 85.2 cm³/mol. The molecule has 2 rings (SSSR count). The molecule has 0 bridgehead atoms. The van der Waals surface area contributed by atoms with Gasteiger partial charge in [-0.25, -0.2) is 0 Å². The van der Waals surface area contributed by atoms with Crippen molar-refractivity contribution in [2.75, 3.05) is 5.73 Å². The average Bonchev–Trinajstić information content (AvgIpc) is 2.45. The maximum absolute atomic E-state index is 6.05. The van der Waals surface area contributed by atoms with Crippen LogP contribution >= 0.6 is 0 Å². The van der Waals surface area contributed by atoms with Gasteiger partial charge in [0, 0.05) is 11.3 Å². The van der Waals surface area contributed by atoms with Crippen molar-refractivity contribution < 1.29 is 4.74 Å². The summed E-state index contributed by atoms with van der Waals surface area (Å²) in [5.74, 6) is 1.62. The number of anilines is 1. The van der Waals surface area contributed by atoms with Gasteiger partial charge in [0.05, 0.1) is 0 Å². The van der Waals surface area contributed by atoms with E-state index in [0.717, 1.165) is 34.7 Å². The number of hydrogen-bond donors (Lipinski definition) is 1. The van der Waals surface area contributed by atoms with Gasteiger partial charge in [-0.1, -0.05) is 36.4 Å². The molecule has 0 aliphatic carbocycles. The number of para-hydroxylation sites is 1. The molecule has 0 heterocycles. The van der Waals surface area contributed by atoms with E-state index in [0.29, 0.717) is 6.42 Å². The number of hydrogen-bond acceptors (Lipinski definition) is 2. The molecule has 2 heteroatoms. The largest absolute Gasteiger partial charge is 0.457 e. The summed E-state index contributed by atoms with van der Waals surface area (Å²) in [6, 6.07) is 13.7. The van der Waals surface area contributed by atoms with Crippen LogP contribution in [0.4, 0.5) is 5.69 Å². The van der Waals surface area contributed by atoms with Gasteiger partial charge >= 0.3 is 0 Å². The second kappa shape index (κ2) is 6.62. The zero-order chi connectivity index (χ0) is 14.4. The maximum Gasteiger partial charge on any atom is 0.133 e.